The molecule has 0 aliphatic heterocycles. The zero-order valence-electron chi connectivity index (χ0n) is 13.2. The average molecular weight is 303 g/mol. The van der Waals surface area contributed by atoms with Gasteiger partial charge in [-0.2, -0.15) is 0 Å². The van der Waals surface area contributed by atoms with E-state index in [-0.39, 0.29) is 23.7 Å². The van der Waals surface area contributed by atoms with E-state index in [0.29, 0.717) is 5.56 Å². The second-order valence-electron chi connectivity index (χ2n) is 5.52. The van der Waals surface area contributed by atoms with Crippen molar-refractivity contribution >= 4 is 5.78 Å². The summed E-state index contributed by atoms with van der Waals surface area (Å²) in [5.74, 6) is -1.10. The van der Waals surface area contributed by atoms with Crippen molar-refractivity contribution < 1.29 is 13.6 Å². The van der Waals surface area contributed by atoms with Crippen LogP contribution in [0, 0.1) is 32.4 Å². The fourth-order valence-corrected chi connectivity index (χ4v) is 2.74. The third-order valence-electron chi connectivity index (χ3n) is 3.68. The van der Waals surface area contributed by atoms with E-state index in [1.807, 2.05) is 0 Å². The van der Waals surface area contributed by atoms with Gasteiger partial charge in [0.05, 0.1) is 12.1 Å². The number of nitrogens with one attached hydrogen (secondary N) is 1. The summed E-state index contributed by atoms with van der Waals surface area (Å²) in [7, 11) is 1.64. The third-order valence-corrected chi connectivity index (χ3v) is 3.68. The third kappa shape index (κ3) is 3.07. The quantitative estimate of drug-likeness (QED) is 0.866. The lowest BCUT2D eigenvalue weighted by Crippen LogP contribution is -2.20. The zero-order valence-corrected chi connectivity index (χ0v) is 13.2. The number of hydrogen-bond acceptors (Lipinski definition) is 2. The summed E-state index contributed by atoms with van der Waals surface area (Å²) < 4.78 is 27.7. The van der Waals surface area contributed by atoms with Crippen molar-refractivity contribution in [2.75, 3.05) is 13.6 Å². The number of aryl methyl sites for hydroxylation is 3. The highest BCUT2D eigenvalue weighted by molar-refractivity contribution is 5.99. The van der Waals surface area contributed by atoms with Gasteiger partial charge in [0.2, 0.25) is 0 Å². The molecule has 1 N–H and O–H groups in total. The Kier molecular flexibility index (Phi) is 4.71. The number of carbonyl (C=O) groups excluding carboxylic acids is 1. The van der Waals surface area contributed by atoms with E-state index in [0.717, 1.165) is 22.3 Å². The summed E-state index contributed by atoms with van der Waals surface area (Å²) in [6.07, 6.45) is 0. The highest BCUT2D eigenvalue weighted by atomic mass is 19.1. The van der Waals surface area contributed by atoms with Crippen LogP contribution in [0.2, 0.25) is 0 Å². The number of halogens is 2. The monoisotopic (exact) mass is 303 g/mol. The highest BCUT2D eigenvalue weighted by Gasteiger charge is 2.17. The molecule has 0 aromatic heterocycles. The Morgan fingerprint density at radius 2 is 1.59 bits per heavy atom. The maximum absolute atomic E-state index is 14.2. The van der Waals surface area contributed by atoms with Gasteiger partial charge in [0.25, 0.3) is 0 Å². The van der Waals surface area contributed by atoms with Gasteiger partial charge < -0.3 is 5.32 Å². The minimum Gasteiger partial charge on any atom is -0.313 e. The van der Waals surface area contributed by atoms with Crippen molar-refractivity contribution in [3.05, 3.63) is 58.2 Å². The molecule has 2 rings (SSSR count). The van der Waals surface area contributed by atoms with E-state index in [1.54, 1.807) is 40.0 Å². The molecule has 0 saturated heterocycles. The van der Waals surface area contributed by atoms with Gasteiger partial charge in [0.1, 0.15) is 11.6 Å². The van der Waals surface area contributed by atoms with Crippen molar-refractivity contribution in [2.45, 2.75) is 20.8 Å². The second-order valence-corrected chi connectivity index (χ2v) is 5.52. The Morgan fingerprint density at radius 3 is 2.14 bits per heavy atom. The average Bonchev–Trinajstić information content (AvgIpc) is 2.41. The maximum Gasteiger partial charge on any atom is 0.179 e. The van der Waals surface area contributed by atoms with Crippen molar-refractivity contribution in [3.8, 4) is 11.1 Å². The fraction of sp³-hybridized carbons (Fsp3) is 0.278. The Morgan fingerprint density at radius 1 is 1.00 bits per heavy atom. The van der Waals surface area contributed by atoms with Crippen LogP contribution in [0.25, 0.3) is 11.1 Å². The molecule has 2 nitrogen and oxygen atoms in total. The Hall–Kier alpha value is -2.07. The van der Waals surface area contributed by atoms with Crippen molar-refractivity contribution in [3.63, 3.8) is 0 Å². The van der Waals surface area contributed by atoms with E-state index < -0.39 is 5.82 Å². The summed E-state index contributed by atoms with van der Waals surface area (Å²) in [4.78, 5) is 12.1. The number of Topliss-reactive ketones (excluding diaryl/α,β-unsaturated/α-hetero) is 1. The lowest BCUT2D eigenvalue weighted by atomic mass is 9.92. The normalized spacial score (nSPS) is 10.8. The molecule has 0 fully saturated rings. The van der Waals surface area contributed by atoms with Crippen molar-refractivity contribution in [2.24, 2.45) is 0 Å². The predicted molar refractivity (Wildman–Crippen MR) is 84.3 cm³/mol. The summed E-state index contributed by atoms with van der Waals surface area (Å²) in [5, 5.41) is 2.74. The molecular weight excluding hydrogens is 284 g/mol. The number of carbonyl (C=O) groups is 1. The summed E-state index contributed by atoms with van der Waals surface area (Å²) in [5.41, 5.74) is 3.55. The lowest BCUT2D eigenvalue weighted by Gasteiger charge is -2.14. The molecule has 0 spiro atoms. The molecule has 4 heteroatoms. The first-order valence-corrected chi connectivity index (χ1v) is 7.10. The van der Waals surface area contributed by atoms with E-state index in [4.69, 9.17) is 0 Å². The highest BCUT2D eigenvalue weighted by Crippen LogP contribution is 2.31. The molecular formula is C18H19F2NO. The molecule has 0 radical (unpaired) electrons. The number of benzene rings is 2. The van der Waals surface area contributed by atoms with Crippen LogP contribution in [0.4, 0.5) is 8.78 Å². The van der Waals surface area contributed by atoms with Crippen molar-refractivity contribution in [1.82, 2.24) is 5.32 Å². The van der Waals surface area contributed by atoms with Gasteiger partial charge in [-0.05, 0) is 79.9 Å². The minimum atomic E-state index is -0.499. The first-order chi connectivity index (χ1) is 10.3. The molecule has 2 aromatic rings. The van der Waals surface area contributed by atoms with Crippen LogP contribution in [0.3, 0.4) is 0 Å². The fourth-order valence-electron chi connectivity index (χ4n) is 2.74. The molecule has 0 aliphatic carbocycles. The van der Waals surface area contributed by atoms with Gasteiger partial charge >= 0.3 is 0 Å². The molecule has 0 saturated carbocycles. The van der Waals surface area contributed by atoms with Crippen LogP contribution in [0.15, 0.2) is 24.3 Å². The van der Waals surface area contributed by atoms with E-state index in [9.17, 15) is 13.6 Å². The van der Waals surface area contributed by atoms with Crippen LogP contribution < -0.4 is 5.32 Å². The van der Waals surface area contributed by atoms with E-state index in [1.165, 1.54) is 12.1 Å². The van der Waals surface area contributed by atoms with Gasteiger partial charge in [-0.25, -0.2) is 8.78 Å². The molecule has 0 heterocycles. The molecule has 0 atom stereocenters. The Balaban J connectivity index is 2.65. The predicted octanol–water partition coefficient (Wildman–Crippen LogP) is 3.96. The smallest absolute Gasteiger partial charge is 0.179 e. The molecule has 0 unspecified atom stereocenters. The van der Waals surface area contributed by atoms with Gasteiger partial charge in [0, 0.05) is 0 Å². The van der Waals surface area contributed by atoms with Crippen LogP contribution in [-0.2, 0) is 0 Å². The Bertz CT molecular complexity index is 715. The molecule has 0 amide bonds. The minimum absolute atomic E-state index is 0.0625. The second kappa shape index (κ2) is 6.36. The van der Waals surface area contributed by atoms with Gasteiger partial charge in [-0.3, -0.25) is 4.79 Å². The number of hydrogen-bond donors (Lipinski definition) is 1. The molecule has 0 aliphatic rings. The van der Waals surface area contributed by atoms with E-state index >= 15 is 0 Å². The molecule has 116 valence electrons. The van der Waals surface area contributed by atoms with Gasteiger partial charge in [0.15, 0.2) is 5.78 Å². The van der Waals surface area contributed by atoms with Gasteiger partial charge in [-0.15, -0.1) is 0 Å². The maximum atomic E-state index is 14.2. The standard InChI is InChI=1S/C18H19F2NO/c1-10-6-14(19)7-11(2)17(10)13-5-12(3)18(20)15(8-13)16(22)9-21-4/h5-8,21H,9H2,1-4H3. The Labute approximate surface area is 129 Å². The molecule has 2 aromatic carbocycles. The SMILES string of the molecule is CNCC(=O)c1cc(-c2c(C)cc(F)cc2C)cc(C)c1F. The van der Waals surface area contributed by atoms with Crippen LogP contribution in [0.1, 0.15) is 27.0 Å². The summed E-state index contributed by atoms with van der Waals surface area (Å²) >= 11 is 0. The lowest BCUT2D eigenvalue weighted by molar-refractivity contribution is 0.0989. The topological polar surface area (TPSA) is 29.1 Å². The zero-order chi connectivity index (χ0) is 16.4. The number of rotatable bonds is 4. The molecule has 0 bridgehead atoms. The van der Waals surface area contributed by atoms with Crippen LogP contribution in [-0.4, -0.2) is 19.4 Å². The summed E-state index contributed by atoms with van der Waals surface area (Å²) in [6.45, 7) is 5.31. The number of ketones is 1. The van der Waals surface area contributed by atoms with Crippen LogP contribution >= 0.6 is 0 Å². The largest absolute Gasteiger partial charge is 0.313 e. The van der Waals surface area contributed by atoms with Crippen molar-refractivity contribution in [1.29, 1.82) is 0 Å². The number of likely N-dealkylation sites (N-methyl/N-ethyl adjacent to an activating group) is 1. The first kappa shape index (κ1) is 16.3. The van der Waals surface area contributed by atoms with E-state index in [2.05, 4.69) is 5.32 Å². The molecule has 22 heavy (non-hydrogen) atoms. The van der Waals surface area contributed by atoms with Gasteiger partial charge in [-0.1, -0.05) is 0 Å². The van der Waals surface area contributed by atoms with Crippen LogP contribution in [0.5, 0.6) is 0 Å². The summed E-state index contributed by atoms with van der Waals surface area (Å²) in [6, 6.07) is 6.13. The first-order valence-electron chi connectivity index (χ1n) is 7.10.